The van der Waals surface area contributed by atoms with Crippen LogP contribution in [0, 0.1) is 11.6 Å². The molecule has 120 valence electrons. The molecule has 1 amide bonds. The number of benzene rings is 2. The number of oxime groups is 1. The molecular weight excluding hydrogens is 328 g/mol. The number of nitrogens with one attached hydrogen (secondary N) is 1. The number of nitrogens with two attached hydrogens (primary N) is 1. The fourth-order valence-electron chi connectivity index (χ4n) is 1.61. The van der Waals surface area contributed by atoms with E-state index in [-0.39, 0.29) is 11.5 Å². The van der Waals surface area contributed by atoms with Gasteiger partial charge in [-0.15, -0.1) is 0 Å². The molecule has 2 aromatic rings. The Bertz CT molecular complexity index is 736. The van der Waals surface area contributed by atoms with Crippen LogP contribution in [0.4, 0.5) is 14.5 Å². The third-order valence-electron chi connectivity index (χ3n) is 2.70. The van der Waals surface area contributed by atoms with Crippen LogP contribution in [0.5, 0.6) is 0 Å². The lowest BCUT2D eigenvalue weighted by atomic mass is 10.2. The predicted molar refractivity (Wildman–Crippen MR) is 83.1 cm³/mol. The smallest absolute Gasteiger partial charge is 0.265 e. The molecule has 23 heavy (non-hydrogen) atoms. The third kappa shape index (κ3) is 4.93. The van der Waals surface area contributed by atoms with Crippen molar-refractivity contribution in [1.82, 2.24) is 0 Å². The van der Waals surface area contributed by atoms with E-state index in [4.69, 9.17) is 22.2 Å². The summed E-state index contributed by atoms with van der Waals surface area (Å²) in [4.78, 5) is 16.4. The van der Waals surface area contributed by atoms with Crippen molar-refractivity contribution in [2.75, 3.05) is 11.9 Å². The lowest BCUT2D eigenvalue weighted by Crippen LogP contribution is -2.20. The summed E-state index contributed by atoms with van der Waals surface area (Å²) in [6.45, 7) is -0.481. The number of rotatable bonds is 5. The van der Waals surface area contributed by atoms with Gasteiger partial charge in [0.15, 0.2) is 12.4 Å². The first-order chi connectivity index (χ1) is 11.0. The molecule has 5 nitrogen and oxygen atoms in total. The largest absolute Gasteiger partial charge is 0.384 e. The van der Waals surface area contributed by atoms with Gasteiger partial charge in [-0.2, -0.15) is 0 Å². The molecule has 0 bridgehead atoms. The first-order valence-electron chi connectivity index (χ1n) is 6.42. The lowest BCUT2D eigenvalue weighted by Gasteiger charge is -2.06. The van der Waals surface area contributed by atoms with Crippen LogP contribution < -0.4 is 11.1 Å². The Morgan fingerprint density at radius 2 is 1.91 bits per heavy atom. The number of hydrogen-bond donors (Lipinski definition) is 2. The van der Waals surface area contributed by atoms with E-state index in [1.165, 1.54) is 0 Å². The first-order valence-corrected chi connectivity index (χ1v) is 6.80. The Kier molecular flexibility index (Phi) is 5.48. The van der Waals surface area contributed by atoms with Gasteiger partial charge in [0.25, 0.3) is 5.91 Å². The maximum atomic E-state index is 13.4. The number of nitrogens with zero attached hydrogens (tertiary/aromatic N) is 1. The molecule has 0 aromatic heterocycles. The molecule has 2 aromatic carbocycles. The zero-order valence-corrected chi connectivity index (χ0v) is 12.5. The fraction of sp³-hybridized carbons (Fsp3) is 0.0667. The highest BCUT2D eigenvalue weighted by Crippen LogP contribution is 2.14. The molecular formula is C15H12ClF2N3O2. The Hall–Kier alpha value is -2.67. The van der Waals surface area contributed by atoms with E-state index < -0.39 is 24.1 Å². The molecule has 0 aliphatic heterocycles. The molecule has 2 rings (SSSR count). The third-order valence-corrected chi connectivity index (χ3v) is 2.96. The quantitative estimate of drug-likeness (QED) is 0.499. The van der Waals surface area contributed by atoms with Crippen molar-refractivity contribution in [1.29, 1.82) is 0 Å². The van der Waals surface area contributed by atoms with E-state index in [9.17, 15) is 13.6 Å². The van der Waals surface area contributed by atoms with Gasteiger partial charge >= 0.3 is 0 Å². The van der Waals surface area contributed by atoms with Crippen LogP contribution in [-0.4, -0.2) is 18.3 Å². The van der Waals surface area contributed by atoms with Gasteiger partial charge in [0.2, 0.25) is 0 Å². The molecule has 0 radical (unpaired) electrons. The van der Waals surface area contributed by atoms with Gasteiger partial charge in [-0.05, 0) is 36.4 Å². The van der Waals surface area contributed by atoms with Crippen molar-refractivity contribution >= 4 is 29.0 Å². The van der Waals surface area contributed by atoms with E-state index in [0.717, 1.165) is 12.1 Å². The number of hydrogen-bond acceptors (Lipinski definition) is 3. The molecule has 0 heterocycles. The normalized spacial score (nSPS) is 11.2. The van der Waals surface area contributed by atoms with Gasteiger partial charge in [-0.1, -0.05) is 16.8 Å². The molecule has 0 saturated carbocycles. The van der Waals surface area contributed by atoms with Gasteiger partial charge in [-0.25, -0.2) is 8.78 Å². The summed E-state index contributed by atoms with van der Waals surface area (Å²) in [5, 5.41) is 6.35. The van der Waals surface area contributed by atoms with Crippen molar-refractivity contribution in [3.63, 3.8) is 0 Å². The Morgan fingerprint density at radius 3 is 2.57 bits per heavy atom. The van der Waals surface area contributed by atoms with E-state index in [2.05, 4.69) is 10.5 Å². The minimum atomic E-state index is -0.887. The minimum absolute atomic E-state index is 0.0578. The summed E-state index contributed by atoms with van der Waals surface area (Å²) < 4.78 is 26.1. The maximum absolute atomic E-state index is 13.4. The topological polar surface area (TPSA) is 76.7 Å². The number of amides is 1. The van der Waals surface area contributed by atoms with E-state index in [1.54, 1.807) is 24.3 Å². The molecule has 0 aliphatic rings. The van der Waals surface area contributed by atoms with Gasteiger partial charge in [0, 0.05) is 16.7 Å². The molecule has 8 heteroatoms. The Balaban J connectivity index is 1.89. The second-order valence-corrected chi connectivity index (χ2v) is 4.87. The van der Waals surface area contributed by atoms with E-state index in [1.807, 2.05) is 0 Å². The molecule has 0 spiro atoms. The van der Waals surface area contributed by atoms with Crippen molar-refractivity contribution < 1.29 is 18.4 Å². The van der Waals surface area contributed by atoms with Crippen LogP contribution in [0.15, 0.2) is 47.6 Å². The summed E-state index contributed by atoms with van der Waals surface area (Å²) >= 11 is 5.74. The molecule has 0 fully saturated rings. The number of anilines is 1. The molecule has 3 N–H and O–H groups in total. The SMILES string of the molecule is N/C(=N\OCC(=O)Nc1ccc(F)cc1F)c1ccc(Cl)cc1. The maximum Gasteiger partial charge on any atom is 0.265 e. The highest BCUT2D eigenvalue weighted by Gasteiger charge is 2.08. The van der Waals surface area contributed by atoms with E-state index >= 15 is 0 Å². The standard InChI is InChI=1S/C15H12ClF2N3O2/c16-10-3-1-9(2-4-10)15(19)21-23-8-14(22)20-13-6-5-11(17)7-12(13)18/h1-7H,8H2,(H2,19,21)(H,20,22). The summed E-state index contributed by atoms with van der Waals surface area (Å²) in [6, 6.07) is 9.32. The van der Waals surface area contributed by atoms with Gasteiger partial charge in [0.05, 0.1) is 5.69 Å². The second-order valence-electron chi connectivity index (χ2n) is 4.43. The van der Waals surface area contributed by atoms with Gasteiger partial charge in [0.1, 0.15) is 11.6 Å². The van der Waals surface area contributed by atoms with Crippen LogP contribution in [-0.2, 0) is 9.63 Å². The molecule has 0 saturated heterocycles. The Labute approximate surface area is 135 Å². The zero-order valence-electron chi connectivity index (χ0n) is 11.7. The molecule has 0 atom stereocenters. The zero-order chi connectivity index (χ0) is 16.8. The summed E-state index contributed by atoms with van der Waals surface area (Å²) in [6.07, 6.45) is 0. The fourth-order valence-corrected chi connectivity index (χ4v) is 1.74. The molecule has 0 unspecified atom stereocenters. The van der Waals surface area contributed by atoms with E-state index in [0.29, 0.717) is 16.7 Å². The highest BCUT2D eigenvalue weighted by atomic mass is 35.5. The number of amidine groups is 1. The van der Waals surface area contributed by atoms with Gasteiger partial charge in [-0.3, -0.25) is 4.79 Å². The van der Waals surface area contributed by atoms with Crippen LogP contribution >= 0.6 is 11.6 Å². The average molecular weight is 340 g/mol. The second kappa shape index (κ2) is 7.55. The monoisotopic (exact) mass is 339 g/mol. The first kappa shape index (κ1) is 16.7. The molecule has 0 aliphatic carbocycles. The lowest BCUT2D eigenvalue weighted by molar-refractivity contribution is -0.120. The highest BCUT2D eigenvalue weighted by molar-refractivity contribution is 6.30. The Morgan fingerprint density at radius 1 is 1.22 bits per heavy atom. The van der Waals surface area contributed by atoms with Crippen molar-refractivity contribution in [3.8, 4) is 0 Å². The van der Waals surface area contributed by atoms with Crippen LogP contribution in [0.3, 0.4) is 0 Å². The van der Waals surface area contributed by atoms with Crippen LogP contribution in [0.2, 0.25) is 5.02 Å². The average Bonchev–Trinajstić information content (AvgIpc) is 2.50. The summed E-state index contributed by atoms with van der Waals surface area (Å²) in [7, 11) is 0. The number of carbonyl (C=O) groups excluding carboxylic acids is 1. The van der Waals surface area contributed by atoms with Crippen molar-refractivity contribution in [3.05, 3.63) is 64.7 Å². The summed E-state index contributed by atoms with van der Waals surface area (Å²) in [5.74, 6) is -2.23. The number of halogens is 3. The van der Waals surface area contributed by atoms with Crippen LogP contribution in [0.25, 0.3) is 0 Å². The predicted octanol–water partition coefficient (Wildman–Crippen LogP) is 2.89. The van der Waals surface area contributed by atoms with Crippen molar-refractivity contribution in [2.45, 2.75) is 0 Å². The van der Waals surface area contributed by atoms with Gasteiger partial charge < -0.3 is 15.9 Å². The number of carbonyl (C=O) groups is 1. The minimum Gasteiger partial charge on any atom is -0.384 e. The van der Waals surface area contributed by atoms with Crippen LogP contribution in [0.1, 0.15) is 5.56 Å². The van der Waals surface area contributed by atoms with Crippen molar-refractivity contribution in [2.24, 2.45) is 10.9 Å². The summed E-state index contributed by atoms with van der Waals surface area (Å²) in [5.41, 5.74) is 6.08.